The van der Waals surface area contributed by atoms with Crippen molar-refractivity contribution in [3.8, 4) is 11.5 Å². The number of ether oxygens (including phenoxy) is 2. The molecule has 0 fully saturated rings. The first kappa shape index (κ1) is 20.2. The van der Waals surface area contributed by atoms with Crippen LogP contribution in [-0.4, -0.2) is 22.0 Å². The summed E-state index contributed by atoms with van der Waals surface area (Å²) >= 11 is 11.6. The minimum Gasteiger partial charge on any atom is -0.493 e. The molecule has 2 N–H and O–H groups in total. The number of nitrogens with zero attached hydrogens (tertiary/aromatic N) is 2. The summed E-state index contributed by atoms with van der Waals surface area (Å²) in [6.45, 7) is 2.95. The highest BCUT2D eigenvalue weighted by atomic mass is 35.5. The average Bonchev–Trinajstić information content (AvgIpc) is 3.05. The van der Waals surface area contributed by atoms with Gasteiger partial charge in [0.15, 0.2) is 17.3 Å². The van der Waals surface area contributed by atoms with Gasteiger partial charge >= 0.3 is 0 Å². The lowest BCUT2D eigenvalue weighted by molar-refractivity contribution is 0.281. The zero-order valence-electron chi connectivity index (χ0n) is 15.9. The number of para-hydroxylation sites is 1. The van der Waals surface area contributed by atoms with Gasteiger partial charge in [-0.05, 0) is 30.8 Å². The second-order valence-corrected chi connectivity index (χ2v) is 6.99. The second-order valence-electron chi connectivity index (χ2n) is 6.19. The van der Waals surface area contributed by atoms with E-state index in [1.54, 1.807) is 11.8 Å². The Morgan fingerprint density at radius 3 is 2.71 bits per heavy atom. The number of nitrogens with one attached hydrogen (secondary N) is 2. The van der Waals surface area contributed by atoms with Crippen LogP contribution in [0.15, 0.2) is 42.5 Å². The van der Waals surface area contributed by atoms with Gasteiger partial charge in [-0.25, -0.2) is 4.68 Å². The maximum atomic E-state index is 6.25. The number of aromatic nitrogens is 3. The lowest BCUT2D eigenvalue weighted by Gasteiger charge is -2.17. The molecule has 0 aliphatic carbocycles. The van der Waals surface area contributed by atoms with Crippen LogP contribution >= 0.6 is 23.8 Å². The highest BCUT2D eigenvalue weighted by Crippen LogP contribution is 2.32. The molecule has 0 atom stereocenters. The van der Waals surface area contributed by atoms with E-state index in [2.05, 4.69) is 22.5 Å². The molecule has 6 nitrogen and oxygen atoms in total. The van der Waals surface area contributed by atoms with Gasteiger partial charge < -0.3 is 14.9 Å². The van der Waals surface area contributed by atoms with Crippen LogP contribution in [0.3, 0.4) is 0 Å². The topological polar surface area (TPSA) is 64.1 Å². The summed E-state index contributed by atoms with van der Waals surface area (Å²) in [5, 5.41) is 7.78. The maximum Gasteiger partial charge on any atom is 0.214 e. The summed E-state index contributed by atoms with van der Waals surface area (Å²) in [6.07, 6.45) is 1.81. The molecule has 0 radical (unpaired) electrons. The lowest BCUT2D eigenvalue weighted by Crippen LogP contribution is -2.18. The third-order valence-electron chi connectivity index (χ3n) is 4.25. The van der Waals surface area contributed by atoms with Gasteiger partial charge in [0.05, 0.1) is 13.7 Å². The van der Waals surface area contributed by atoms with Crippen LogP contribution < -0.4 is 14.9 Å². The molecule has 3 rings (SSSR count). The van der Waals surface area contributed by atoms with Crippen molar-refractivity contribution in [1.82, 2.24) is 14.9 Å². The van der Waals surface area contributed by atoms with E-state index in [1.807, 2.05) is 42.5 Å². The summed E-state index contributed by atoms with van der Waals surface area (Å²) in [5.74, 6) is 2.20. The molecule has 3 aromatic rings. The van der Waals surface area contributed by atoms with Gasteiger partial charge in [-0.1, -0.05) is 48.9 Å². The van der Waals surface area contributed by atoms with E-state index < -0.39 is 0 Å². The SMILES string of the molecule is CCCc1n[nH]c(=S)n1NCc1cccc(OC)c1OCc1ccccc1Cl. The Kier molecular flexibility index (Phi) is 6.95. The molecule has 0 unspecified atom stereocenters. The van der Waals surface area contributed by atoms with Crippen LogP contribution in [0.2, 0.25) is 5.02 Å². The van der Waals surface area contributed by atoms with E-state index in [1.165, 1.54) is 0 Å². The van der Waals surface area contributed by atoms with E-state index in [-0.39, 0.29) is 0 Å². The molecule has 0 saturated carbocycles. The molecule has 0 amide bonds. The van der Waals surface area contributed by atoms with Gasteiger partial charge in [0.2, 0.25) is 4.77 Å². The number of benzene rings is 2. The van der Waals surface area contributed by atoms with Gasteiger partial charge in [0.25, 0.3) is 0 Å². The minimum absolute atomic E-state index is 0.346. The summed E-state index contributed by atoms with van der Waals surface area (Å²) in [7, 11) is 1.63. The first-order valence-electron chi connectivity index (χ1n) is 9.06. The van der Waals surface area contributed by atoms with Crippen molar-refractivity contribution in [3.63, 3.8) is 0 Å². The number of methoxy groups -OCH3 is 1. The Morgan fingerprint density at radius 1 is 1.18 bits per heavy atom. The molecule has 2 aromatic carbocycles. The fourth-order valence-electron chi connectivity index (χ4n) is 2.84. The highest BCUT2D eigenvalue weighted by molar-refractivity contribution is 7.71. The zero-order valence-corrected chi connectivity index (χ0v) is 17.4. The van der Waals surface area contributed by atoms with Crippen molar-refractivity contribution in [2.45, 2.75) is 32.9 Å². The van der Waals surface area contributed by atoms with Gasteiger partial charge in [-0.15, -0.1) is 0 Å². The van der Waals surface area contributed by atoms with Crippen LogP contribution in [0.4, 0.5) is 0 Å². The summed E-state index contributed by atoms with van der Waals surface area (Å²) in [6, 6.07) is 13.4. The standard InChI is InChI=1S/C20H23ClN4O2S/c1-3-7-18-23-24-20(28)25(18)22-12-14-9-6-11-17(26-2)19(14)27-13-15-8-4-5-10-16(15)21/h4-6,8-11,22H,3,7,12-13H2,1-2H3,(H,24,28). The van der Waals surface area contributed by atoms with E-state index in [0.717, 1.165) is 29.8 Å². The molecule has 0 spiro atoms. The fourth-order valence-corrected chi connectivity index (χ4v) is 3.24. The number of hydrogen-bond donors (Lipinski definition) is 2. The Balaban J connectivity index is 1.81. The molecule has 28 heavy (non-hydrogen) atoms. The molecule has 1 aromatic heterocycles. The Morgan fingerprint density at radius 2 is 1.96 bits per heavy atom. The fraction of sp³-hybridized carbons (Fsp3) is 0.300. The molecular formula is C20H23ClN4O2S. The number of halogens is 1. The summed E-state index contributed by atoms with van der Waals surface area (Å²) in [5.41, 5.74) is 5.18. The highest BCUT2D eigenvalue weighted by Gasteiger charge is 2.13. The third kappa shape index (κ3) is 4.66. The first-order valence-corrected chi connectivity index (χ1v) is 9.85. The molecule has 0 bridgehead atoms. The van der Waals surface area contributed by atoms with Gasteiger partial charge in [-0.2, -0.15) is 5.10 Å². The van der Waals surface area contributed by atoms with Crippen LogP contribution in [0.25, 0.3) is 0 Å². The zero-order chi connectivity index (χ0) is 19.9. The largest absolute Gasteiger partial charge is 0.493 e. The van der Waals surface area contributed by atoms with Crippen molar-refractivity contribution in [3.05, 3.63) is 69.2 Å². The third-order valence-corrected chi connectivity index (χ3v) is 4.90. The van der Waals surface area contributed by atoms with Crippen molar-refractivity contribution in [1.29, 1.82) is 0 Å². The van der Waals surface area contributed by atoms with Gasteiger partial charge in [-0.3, -0.25) is 5.10 Å². The van der Waals surface area contributed by atoms with E-state index in [9.17, 15) is 0 Å². The number of aryl methyl sites for hydroxylation is 1. The summed E-state index contributed by atoms with van der Waals surface area (Å²) < 4.78 is 13.9. The quantitative estimate of drug-likeness (QED) is 0.485. The molecule has 0 aliphatic heterocycles. The Hall–Kier alpha value is -2.51. The van der Waals surface area contributed by atoms with Crippen molar-refractivity contribution >= 4 is 23.8 Å². The van der Waals surface area contributed by atoms with Gasteiger partial charge in [0.1, 0.15) is 6.61 Å². The van der Waals surface area contributed by atoms with Crippen molar-refractivity contribution < 1.29 is 9.47 Å². The lowest BCUT2D eigenvalue weighted by atomic mass is 10.2. The number of hydrogen-bond acceptors (Lipinski definition) is 5. The minimum atomic E-state index is 0.346. The van der Waals surface area contributed by atoms with Crippen LogP contribution in [-0.2, 0) is 19.6 Å². The predicted molar refractivity (Wildman–Crippen MR) is 113 cm³/mol. The number of rotatable bonds is 9. The number of H-pyrrole nitrogens is 1. The van der Waals surface area contributed by atoms with Crippen molar-refractivity contribution in [2.24, 2.45) is 0 Å². The number of aromatic amines is 1. The average molecular weight is 419 g/mol. The molecule has 8 heteroatoms. The van der Waals surface area contributed by atoms with Crippen LogP contribution in [0.1, 0.15) is 30.3 Å². The van der Waals surface area contributed by atoms with E-state index in [4.69, 9.17) is 33.3 Å². The van der Waals surface area contributed by atoms with Crippen molar-refractivity contribution in [2.75, 3.05) is 12.5 Å². The molecule has 148 valence electrons. The maximum absolute atomic E-state index is 6.25. The van der Waals surface area contributed by atoms with Gasteiger partial charge in [0, 0.05) is 22.6 Å². The van der Waals surface area contributed by atoms with Crippen LogP contribution in [0, 0.1) is 4.77 Å². The first-order chi connectivity index (χ1) is 13.6. The Bertz CT molecular complexity index is 986. The monoisotopic (exact) mass is 418 g/mol. The van der Waals surface area contributed by atoms with E-state index in [0.29, 0.717) is 34.4 Å². The second kappa shape index (κ2) is 9.61. The molecule has 1 heterocycles. The normalized spacial score (nSPS) is 10.7. The van der Waals surface area contributed by atoms with Crippen LogP contribution in [0.5, 0.6) is 11.5 Å². The molecular weight excluding hydrogens is 396 g/mol. The molecule has 0 aliphatic rings. The molecule has 0 saturated heterocycles. The predicted octanol–water partition coefficient (Wildman–Crippen LogP) is 4.88. The summed E-state index contributed by atoms with van der Waals surface area (Å²) in [4.78, 5) is 0. The Labute approximate surface area is 174 Å². The van der Waals surface area contributed by atoms with E-state index >= 15 is 0 Å². The smallest absolute Gasteiger partial charge is 0.214 e.